The molecule has 8 heteroatoms. The molecule has 144 valence electrons. The fraction of sp³-hybridized carbons (Fsp3) is 0.263. The lowest BCUT2D eigenvalue weighted by atomic mass is 9.89. The van der Waals surface area contributed by atoms with E-state index in [1.165, 1.54) is 20.3 Å². The first-order chi connectivity index (χ1) is 12.7. The molecule has 0 amide bonds. The Hall–Kier alpha value is -2.17. The second-order valence-corrected chi connectivity index (χ2v) is 7.13. The number of esters is 2. The lowest BCUT2D eigenvalue weighted by Crippen LogP contribution is -2.24. The molecule has 0 saturated carbocycles. The highest BCUT2D eigenvalue weighted by atomic mass is 127. The molecule has 0 unspecified atom stereocenters. The van der Waals surface area contributed by atoms with E-state index in [-0.39, 0.29) is 5.75 Å². The van der Waals surface area contributed by atoms with Crippen molar-refractivity contribution in [2.24, 2.45) is 11.5 Å². The summed E-state index contributed by atoms with van der Waals surface area (Å²) in [5.41, 5.74) is 15.1. The Morgan fingerprint density at radius 3 is 2.22 bits per heavy atom. The SMILES string of the molecule is COC(=O)[C@@H](N)c1cc(O)cc(C)c1-c1cc([C@@H](N)C(=O)OC)ccc1I. The van der Waals surface area contributed by atoms with Crippen LogP contribution in [0.15, 0.2) is 30.3 Å². The van der Waals surface area contributed by atoms with Gasteiger partial charge in [0.05, 0.1) is 14.2 Å². The number of aromatic hydroxyl groups is 1. The number of methoxy groups -OCH3 is 2. The zero-order valence-electron chi connectivity index (χ0n) is 15.2. The molecular formula is C19H21IN2O5. The molecule has 0 saturated heterocycles. The maximum atomic E-state index is 12.0. The molecule has 0 heterocycles. The molecule has 0 spiro atoms. The van der Waals surface area contributed by atoms with Gasteiger partial charge in [-0.15, -0.1) is 0 Å². The maximum absolute atomic E-state index is 12.0. The Balaban J connectivity index is 2.71. The van der Waals surface area contributed by atoms with Crippen LogP contribution in [0, 0.1) is 10.5 Å². The van der Waals surface area contributed by atoms with Crippen LogP contribution in [0.25, 0.3) is 11.1 Å². The van der Waals surface area contributed by atoms with Gasteiger partial charge in [-0.1, -0.05) is 6.07 Å². The van der Waals surface area contributed by atoms with Crippen LogP contribution >= 0.6 is 22.6 Å². The van der Waals surface area contributed by atoms with E-state index < -0.39 is 24.0 Å². The average Bonchev–Trinajstić information content (AvgIpc) is 2.65. The van der Waals surface area contributed by atoms with E-state index in [0.717, 1.165) is 9.13 Å². The van der Waals surface area contributed by atoms with E-state index in [0.29, 0.717) is 22.3 Å². The Labute approximate surface area is 170 Å². The quantitative estimate of drug-likeness (QED) is 0.440. The third-order valence-electron chi connectivity index (χ3n) is 4.21. The summed E-state index contributed by atoms with van der Waals surface area (Å²) in [6.45, 7) is 1.80. The molecule has 7 nitrogen and oxygen atoms in total. The third kappa shape index (κ3) is 4.40. The highest BCUT2D eigenvalue weighted by molar-refractivity contribution is 14.1. The van der Waals surface area contributed by atoms with Crippen LogP contribution in [0.5, 0.6) is 5.75 Å². The number of halogens is 1. The molecule has 2 aromatic rings. The number of carbonyl (C=O) groups excluding carboxylic acids is 2. The summed E-state index contributed by atoms with van der Waals surface area (Å²) in [6.07, 6.45) is 0. The number of rotatable bonds is 5. The predicted octanol–water partition coefficient (Wildman–Crippen LogP) is 2.32. The summed E-state index contributed by atoms with van der Waals surface area (Å²) in [6, 6.07) is 6.30. The second-order valence-electron chi connectivity index (χ2n) is 5.97. The van der Waals surface area contributed by atoms with Crippen molar-refractivity contribution < 1.29 is 24.2 Å². The first-order valence-electron chi connectivity index (χ1n) is 8.01. The number of phenols is 1. The Bertz CT molecular complexity index is 885. The fourth-order valence-electron chi connectivity index (χ4n) is 2.85. The predicted molar refractivity (Wildman–Crippen MR) is 109 cm³/mol. The molecule has 0 aliphatic carbocycles. The summed E-state index contributed by atoms with van der Waals surface area (Å²) < 4.78 is 10.3. The Morgan fingerprint density at radius 1 is 1.04 bits per heavy atom. The minimum absolute atomic E-state index is 0.0111. The number of hydrogen-bond acceptors (Lipinski definition) is 7. The molecule has 27 heavy (non-hydrogen) atoms. The van der Waals surface area contributed by atoms with Crippen LogP contribution in [-0.2, 0) is 19.1 Å². The number of phenolic OH excluding ortho intramolecular Hbond substituents is 1. The maximum Gasteiger partial charge on any atom is 0.327 e. The summed E-state index contributed by atoms with van der Waals surface area (Å²) in [5, 5.41) is 9.99. The molecule has 2 aromatic carbocycles. The van der Waals surface area contributed by atoms with Gasteiger partial charge in [0, 0.05) is 3.57 Å². The molecule has 0 aliphatic rings. The van der Waals surface area contributed by atoms with Gasteiger partial charge in [-0.05, 0) is 81.6 Å². The van der Waals surface area contributed by atoms with Crippen molar-refractivity contribution >= 4 is 34.5 Å². The number of hydrogen-bond donors (Lipinski definition) is 3. The lowest BCUT2D eigenvalue weighted by Gasteiger charge is -2.20. The fourth-order valence-corrected chi connectivity index (χ4v) is 3.46. The van der Waals surface area contributed by atoms with Crippen LogP contribution in [-0.4, -0.2) is 31.3 Å². The molecule has 0 bridgehead atoms. The number of benzene rings is 2. The van der Waals surface area contributed by atoms with Crippen LogP contribution in [0.4, 0.5) is 0 Å². The largest absolute Gasteiger partial charge is 0.508 e. The highest BCUT2D eigenvalue weighted by Crippen LogP contribution is 2.37. The van der Waals surface area contributed by atoms with E-state index >= 15 is 0 Å². The third-order valence-corrected chi connectivity index (χ3v) is 5.16. The van der Waals surface area contributed by atoms with Gasteiger partial charge in [-0.3, -0.25) is 9.59 Å². The summed E-state index contributed by atoms with van der Waals surface area (Å²) in [5.74, 6) is -1.20. The standard InChI is InChI=1S/C19H21IN2O5/c1-9-6-11(23)8-13(17(22)19(25)27-3)15(9)12-7-10(4-5-14(12)20)16(21)18(24)26-2/h4-8,16-17,23H,21-22H2,1-3H3/t16-,17+/m1/s1. The van der Waals surface area contributed by atoms with E-state index in [1.807, 2.05) is 6.07 Å². The topological polar surface area (TPSA) is 125 Å². The van der Waals surface area contributed by atoms with Crippen molar-refractivity contribution in [1.29, 1.82) is 0 Å². The number of ether oxygens (including phenoxy) is 2. The van der Waals surface area contributed by atoms with Crippen LogP contribution < -0.4 is 11.5 Å². The van der Waals surface area contributed by atoms with Gasteiger partial charge in [0.1, 0.15) is 17.8 Å². The molecule has 0 radical (unpaired) electrons. The van der Waals surface area contributed by atoms with E-state index in [4.69, 9.17) is 20.9 Å². The molecule has 2 rings (SSSR count). The van der Waals surface area contributed by atoms with Gasteiger partial charge in [0.2, 0.25) is 0 Å². The first kappa shape index (κ1) is 21.1. The van der Waals surface area contributed by atoms with E-state index in [2.05, 4.69) is 22.6 Å². The molecule has 0 aromatic heterocycles. The Morgan fingerprint density at radius 2 is 1.63 bits per heavy atom. The van der Waals surface area contributed by atoms with Crippen molar-refractivity contribution in [2.45, 2.75) is 19.0 Å². The van der Waals surface area contributed by atoms with Gasteiger partial charge in [0.25, 0.3) is 0 Å². The van der Waals surface area contributed by atoms with Gasteiger partial charge in [-0.2, -0.15) is 0 Å². The summed E-state index contributed by atoms with van der Waals surface area (Å²) in [7, 11) is 2.52. The van der Waals surface area contributed by atoms with Crippen molar-refractivity contribution in [2.75, 3.05) is 14.2 Å². The monoisotopic (exact) mass is 484 g/mol. The van der Waals surface area contributed by atoms with E-state index in [9.17, 15) is 14.7 Å². The zero-order valence-corrected chi connectivity index (χ0v) is 17.3. The van der Waals surface area contributed by atoms with Crippen molar-refractivity contribution in [3.63, 3.8) is 0 Å². The lowest BCUT2D eigenvalue weighted by molar-refractivity contribution is -0.143. The Kier molecular flexibility index (Phi) is 6.79. The summed E-state index contributed by atoms with van der Waals surface area (Å²) in [4.78, 5) is 23.8. The van der Waals surface area contributed by atoms with Crippen LogP contribution in [0.2, 0.25) is 0 Å². The van der Waals surface area contributed by atoms with Crippen LogP contribution in [0.1, 0.15) is 28.8 Å². The second kappa shape index (κ2) is 8.68. The van der Waals surface area contributed by atoms with Crippen molar-refractivity contribution in [3.8, 4) is 16.9 Å². The molecule has 2 atom stereocenters. The zero-order chi connectivity index (χ0) is 20.3. The number of nitrogens with two attached hydrogens (primary N) is 2. The molecule has 0 aliphatic heterocycles. The molecular weight excluding hydrogens is 463 g/mol. The highest BCUT2D eigenvalue weighted by Gasteiger charge is 2.25. The van der Waals surface area contributed by atoms with Gasteiger partial charge < -0.3 is 26.0 Å². The smallest absolute Gasteiger partial charge is 0.327 e. The minimum Gasteiger partial charge on any atom is -0.508 e. The summed E-state index contributed by atoms with van der Waals surface area (Å²) >= 11 is 2.15. The molecule has 0 fully saturated rings. The van der Waals surface area contributed by atoms with Gasteiger partial charge in [0.15, 0.2) is 0 Å². The van der Waals surface area contributed by atoms with E-state index in [1.54, 1.807) is 25.1 Å². The normalized spacial score (nSPS) is 13.0. The number of carbonyl (C=O) groups is 2. The average molecular weight is 484 g/mol. The van der Waals surface area contributed by atoms with Crippen molar-refractivity contribution in [1.82, 2.24) is 0 Å². The van der Waals surface area contributed by atoms with Crippen LogP contribution in [0.3, 0.4) is 0 Å². The first-order valence-corrected chi connectivity index (χ1v) is 9.09. The molecule has 5 N–H and O–H groups in total. The number of aryl methyl sites for hydroxylation is 1. The minimum atomic E-state index is -1.08. The van der Waals surface area contributed by atoms with Gasteiger partial charge in [-0.25, -0.2) is 0 Å². The van der Waals surface area contributed by atoms with Crippen molar-refractivity contribution in [3.05, 3.63) is 50.6 Å². The van der Waals surface area contributed by atoms with Gasteiger partial charge >= 0.3 is 11.9 Å².